The summed E-state index contributed by atoms with van der Waals surface area (Å²) in [5.41, 5.74) is 3.54. The fourth-order valence-electron chi connectivity index (χ4n) is 2.73. The minimum Gasteiger partial charge on any atom is -0.316 e. The minimum absolute atomic E-state index is 0.262. The number of fused-ring (bicyclic) bond motifs is 1. The van der Waals surface area contributed by atoms with E-state index in [0.717, 1.165) is 33.6 Å². The minimum atomic E-state index is -0.280. The molecule has 1 heterocycles. The second-order valence-corrected chi connectivity index (χ2v) is 7.87. The molecule has 0 spiro atoms. The van der Waals surface area contributed by atoms with E-state index in [1.54, 1.807) is 17.8 Å². The second kappa shape index (κ2) is 7.54. The van der Waals surface area contributed by atoms with Crippen molar-refractivity contribution in [3.05, 3.63) is 63.7 Å². The van der Waals surface area contributed by atoms with Crippen molar-refractivity contribution in [2.45, 2.75) is 20.4 Å². The van der Waals surface area contributed by atoms with Crippen molar-refractivity contribution in [3.8, 4) is 0 Å². The van der Waals surface area contributed by atoms with Crippen LogP contribution in [0.4, 0.5) is 4.39 Å². The fraction of sp³-hybridized carbons (Fsp3) is 0.263. The summed E-state index contributed by atoms with van der Waals surface area (Å²) in [4.78, 5) is 17.6. The van der Waals surface area contributed by atoms with Crippen LogP contribution in [0.3, 0.4) is 0 Å². The maximum atomic E-state index is 13.5. The predicted molar refractivity (Wildman–Crippen MR) is 104 cm³/mol. The van der Waals surface area contributed by atoms with Crippen LogP contribution in [0.1, 0.15) is 21.5 Å². The van der Waals surface area contributed by atoms with E-state index in [9.17, 15) is 9.18 Å². The lowest BCUT2D eigenvalue weighted by Gasteiger charge is -2.05. The Morgan fingerprint density at radius 1 is 1.24 bits per heavy atom. The zero-order valence-electron chi connectivity index (χ0n) is 14.4. The normalized spacial score (nSPS) is 12.1. The number of thioether (sulfide) groups is 1. The maximum absolute atomic E-state index is 13.5. The summed E-state index contributed by atoms with van der Waals surface area (Å²) in [6.07, 6.45) is 2.03. The standard InChI is InChI=1S/C19H19FN2OS2/c1-12-4-6-15(13(2)10-12)18(23)21-19-22(8-9-24-3)16-7-5-14(20)11-17(16)25-19/h4-7,10-11H,8-9H2,1-3H3. The van der Waals surface area contributed by atoms with E-state index in [2.05, 4.69) is 4.99 Å². The number of halogens is 1. The van der Waals surface area contributed by atoms with Gasteiger partial charge in [0, 0.05) is 17.9 Å². The SMILES string of the molecule is CSCCn1c(=NC(=O)c2ccc(C)cc2C)sc2cc(F)ccc21. The van der Waals surface area contributed by atoms with E-state index in [-0.39, 0.29) is 11.7 Å². The summed E-state index contributed by atoms with van der Waals surface area (Å²) in [5.74, 6) is 0.356. The van der Waals surface area contributed by atoms with Gasteiger partial charge in [-0.15, -0.1) is 0 Å². The molecule has 130 valence electrons. The van der Waals surface area contributed by atoms with Crippen molar-refractivity contribution in [2.75, 3.05) is 12.0 Å². The molecule has 0 aliphatic rings. The van der Waals surface area contributed by atoms with Crippen LogP contribution in [0, 0.1) is 19.7 Å². The van der Waals surface area contributed by atoms with E-state index < -0.39 is 0 Å². The quantitative estimate of drug-likeness (QED) is 0.671. The van der Waals surface area contributed by atoms with Gasteiger partial charge in [0.15, 0.2) is 4.80 Å². The van der Waals surface area contributed by atoms with E-state index in [1.807, 2.05) is 42.9 Å². The fourth-order valence-corrected chi connectivity index (χ4v) is 4.18. The molecular weight excluding hydrogens is 355 g/mol. The van der Waals surface area contributed by atoms with Crippen LogP contribution in [0.2, 0.25) is 0 Å². The van der Waals surface area contributed by atoms with Gasteiger partial charge in [0.25, 0.3) is 5.91 Å². The van der Waals surface area contributed by atoms with Crippen LogP contribution < -0.4 is 4.80 Å². The Balaban J connectivity index is 2.12. The molecule has 0 N–H and O–H groups in total. The molecule has 0 fully saturated rings. The van der Waals surface area contributed by atoms with Gasteiger partial charge in [-0.05, 0) is 49.9 Å². The average molecular weight is 375 g/mol. The van der Waals surface area contributed by atoms with Gasteiger partial charge in [-0.3, -0.25) is 4.79 Å². The van der Waals surface area contributed by atoms with Crippen molar-refractivity contribution in [2.24, 2.45) is 4.99 Å². The molecule has 3 aromatic rings. The largest absolute Gasteiger partial charge is 0.316 e. The molecule has 0 bridgehead atoms. The number of hydrogen-bond donors (Lipinski definition) is 0. The molecule has 0 radical (unpaired) electrons. The topological polar surface area (TPSA) is 34.4 Å². The zero-order chi connectivity index (χ0) is 18.0. The molecule has 0 unspecified atom stereocenters. The molecule has 2 aromatic carbocycles. The Hall–Kier alpha value is -1.92. The van der Waals surface area contributed by atoms with E-state index >= 15 is 0 Å². The molecule has 0 atom stereocenters. The molecule has 3 nitrogen and oxygen atoms in total. The number of aryl methyl sites for hydroxylation is 3. The first kappa shape index (κ1) is 17.9. The highest BCUT2D eigenvalue weighted by atomic mass is 32.2. The summed E-state index contributed by atoms with van der Waals surface area (Å²) in [6, 6.07) is 10.4. The van der Waals surface area contributed by atoms with E-state index in [1.165, 1.54) is 23.5 Å². The van der Waals surface area contributed by atoms with Crippen LogP contribution in [0.15, 0.2) is 41.4 Å². The van der Waals surface area contributed by atoms with Gasteiger partial charge in [0.2, 0.25) is 0 Å². The Morgan fingerprint density at radius 3 is 2.76 bits per heavy atom. The molecule has 0 aliphatic heterocycles. The number of carbonyl (C=O) groups is 1. The van der Waals surface area contributed by atoms with Crippen molar-refractivity contribution in [3.63, 3.8) is 0 Å². The first-order valence-corrected chi connectivity index (χ1v) is 10.1. The lowest BCUT2D eigenvalue weighted by Crippen LogP contribution is -2.18. The number of carbonyl (C=O) groups excluding carboxylic acids is 1. The first-order valence-electron chi connectivity index (χ1n) is 7.94. The summed E-state index contributed by atoms with van der Waals surface area (Å²) in [7, 11) is 0. The lowest BCUT2D eigenvalue weighted by atomic mass is 10.1. The number of thiazole rings is 1. The predicted octanol–water partition coefficient (Wildman–Crippen LogP) is 4.56. The van der Waals surface area contributed by atoms with Gasteiger partial charge in [-0.25, -0.2) is 4.39 Å². The highest BCUT2D eigenvalue weighted by Gasteiger charge is 2.11. The van der Waals surface area contributed by atoms with Crippen LogP contribution in [-0.2, 0) is 6.54 Å². The highest BCUT2D eigenvalue weighted by molar-refractivity contribution is 7.98. The molecule has 6 heteroatoms. The maximum Gasteiger partial charge on any atom is 0.279 e. The number of hydrogen-bond acceptors (Lipinski definition) is 3. The van der Waals surface area contributed by atoms with Crippen molar-refractivity contribution < 1.29 is 9.18 Å². The van der Waals surface area contributed by atoms with Gasteiger partial charge in [0.05, 0.1) is 10.2 Å². The van der Waals surface area contributed by atoms with Crippen molar-refractivity contribution in [1.29, 1.82) is 0 Å². The van der Waals surface area contributed by atoms with Crippen LogP contribution in [0.5, 0.6) is 0 Å². The number of nitrogens with zero attached hydrogens (tertiary/aromatic N) is 2. The lowest BCUT2D eigenvalue weighted by molar-refractivity contribution is 0.0997. The number of benzene rings is 2. The van der Waals surface area contributed by atoms with E-state index in [0.29, 0.717) is 10.4 Å². The number of aromatic nitrogens is 1. The summed E-state index contributed by atoms with van der Waals surface area (Å²) < 4.78 is 16.3. The van der Waals surface area contributed by atoms with Gasteiger partial charge >= 0.3 is 0 Å². The second-order valence-electron chi connectivity index (χ2n) is 5.88. The third-order valence-electron chi connectivity index (χ3n) is 3.97. The summed E-state index contributed by atoms with van der Waals surface area (Å²) >= 11 is 3.07. The van der Waals surface area contributed by atoms with Crippen LogP contribution >= 0.6 is 23.1 Å². The molecule has 25 heavy (non-hydrogen) atoms. The molecule has 3 rings (SSSR count). The third kappa shape index (κ3) is 3.85. The molecule has 0 saturated heterocycles. The van der Waals surface area contributed by atoms with E-state index in [4.69, 9.17) is 0 Å². The molecule has 1 aromatic heterocycles. The van der Waals surface area contributed by atoms with Crippen molar-refractivity contribution >= 4 is 39.2 Å². The number of rotatable bonds is 4. The van der Waals surface area contributed by atoms with Gasteiger partial charge < -0.3 is 4.57 Å². The van der Waals surface area contributed by atoms with Crippen molar-refractivity contribution in [1.82, 2.24) is 4.57 Å². The Kier molecular flexibility index (Phi) is 5.39. The van der Waals surface area contributed by atoms with Gasteiger partial charge in [-0.1, -0.05) is 29.0 Å². The molecule has 0 aliphatic carbocycles. The van der Waals surface area contributed by atoms with Gasteiger partial charge in [-0.2, -0.15) is 16.8 Å². The third-order valence-corrected chi connectivity index (χ3v) is 5.61. The Bertz CT molecular complexity index is 1000. The number of amides is 1. The Morgan fingerprint density at radius 2 is 2.04 bits per heavy atom. The summed E-state index contributed by atoms with van der Waals surface area (Å²) in [6.45, 7) is 4.64. The Labute approximate surface area is 154 Å². The molecule has 1 amide bonds. The zero-order valence-corrected chi connectivity index (χ0v) is 16.0. The smallest absolute Gasteiger partial charge is 0.279 e. The van der Waals surface area contributed by atoms with Crippen LogP contribution in [-0.4, -0.2) is 22.5 Å². The molecule has 0 saturated carbocycles. The highest BCUT2D eigenvalue weighted by Crippen LogP contribution is 2.19. The van der Waals surface area contributed by atoms with Crippen LogP contribution in [0.25, 0.3) is 10.2 Å². The monoisotopic (exact) mass is 374 g/mol. The van der Waals surface area contributed by atoms with Gasteiger partial charge in [0.1, 0.15) is 5.82 Å². The first-order chi connectivity index (χ1) is 12.0. The molecular formula is C19H19FN2OS2. The average Bonchev–Trinajstić information content (AvgIpc) is 2.88. The summed E-state index contributed by atoms with van der Waals surface area (Å²) in [5, 5.41) is 0.